The van der Waals surface area contributed by atoms with Crippen LogP contribution in [0.3, 0.4) is 0 Å². The van der Waals surface area contributed by atoms with Crippen LogP contribution in [0.1, 0.15) is 26.2 Å². The van der Waals surface area contributed by atoms with Gasteiger partial charge in [0.25, 0.3) is 5.91 Å². The maximum absolute atomic E-state index is 12.2. The molecular formula is C16H24N2O3. The Morgan fingerprint density at radius 2 is 2.24 bits per heavy atom. The van der Waals surface area contributed by atoms with Gasteiger partial charge in [0, 0.05) is 19.7 Å². The summed E-state index contributed by atoms with van der Waals surface area (Å²) in [5.74, 6) is 0.546. The predicted octanol–water partition coefficient (Wildman–Crippen LogP) is 2.07. The summed E-state index contributed by atoms with van der Waals surface area (Å²) in [6.45, 7) is 4.30. The number of ether oxygens (including phenoxy) is 2. The van der Waals surface area contributed by atoms with Crippen molar-refractivity contribution in [2.45, 2.75) is 32.3 Å². The van der Waals surface area contributed by atoms with Crippen LogP contribution in [-0.2, 0) is 9.53 Å². The summed E-state index contributed by atoms with van der Waals surface area (Å²) in [4.78, 5) is 14.0. The molecule has 5 heteroatoms. The lowest BCUT2D eigenvalue weighted by Crippen LogP contribution is -2.45. The van der Waals surface area contributed by atoms with Gasteiger partial charge in [-0.3, -0.25) is 4.79 Å². The van der Waals surface area contributed by atoms with Gasteiger partial charge in [0.05, 0.1) is 11.8 Å². The Balaban J connectivity index is 1.81. The molecule has 0 spiro atoms. The highest BCUT2D eigenvalue weighted by molar-refractivity contribution is 5.78. The highest BCUT2D eigenvalue weighted by atomic mass is 16.5. The zero-order valence-corrected chi connectivity index (χ0v) is 12.6. The molecule has 0 aliphatic carbocycles. The van der Waals surface area contributed by atoms with Gasteiger partial charge in [0.1, 0.15) is 5.75 Å². The first-order valence-corrected chi connectivity index (χ1v) is 7.57. The second-order valence-corrected chi connectivity index (χ2v) is 5.30. The van der Waals surface area contributed by atoms with Crippen molar-refractivity contribution in [3.05, 3.63) is 24.3 Å². The van der Waals surface area contributed by atoms with Crippen LogP contribution < -0.4 is 10.5 Å². The standard InChI is InChI=1S/C16H24N2O3/c1-2-10-20-13-6-5-9-18(11-13)16(19)12-21-15-8-4-3-7-14(15)17/h3-4,7-8,13H,2,5-6,9-12,17H2,1H3. The fourth-order valence-electron chi connectivity index (χ4n) is 2.43. The molecule has 1 unspecified atom stereocenters. The van der Waals surface area contributed by atoms with Crippen molar-refractivity contribution >= 4 is 11.6 Å². The molecule has 1 saturated heterocycles. The number of rotatable bonds is 6. The van der Waals surface area contributed by atoms with E-state index in [1.165, 1.54) is 0 Å². The van der Waals surface area contributed by atoms with Gasteiger partial charge in [-0.25, -0.2) is 0 Å². The SMILES string of the molecule is CCCOC1CCCN(C(=O)COc2ccccc2N)C1. The van der Waals surface area contributed by atoms with Gasteiger partial charge < -0.3 is 20.1 Å². The Morgan fingerprint density at radius 1 is 1.43 bits per heavy atom. The number of nitrogens with zero attached hydrogens (tertiary/aromatic N) is 1. The van der Waals surface area contributed by atoms with Crippen molar-refractivity contribution in [1.29, 1.82) is 0 Å². The maximum Gasteiger partial charge on any atom is 0.260 e. The van der Waals surface area contributed by atoms with Crippen molar-refractivity contribution < 1.29 is 14.3 Å². The lowest BCUT2D eigenvalue weighted by atomic mass is 10.1. The van der Waals surface area contributed by atoms with Gasteiger partial charge >= 0.3 is 0 Å². The molecule has 0 bridgehead atoms. The molecule has 21 heavy (non-hydrogen) atoms. The first kappa shape index (κ1) is 15.6. The molecule has 1 aromatic carbocycles. The zero-order valence-electron chi connectivity index (χ0n) is 12.6. The number of hydrogen-bond donors (Lipinski definition) is 1. The molecule has 0 radical (unpaired) electrons. The number of anilines is 1. The third-order valence-electron chi connectivity index (χ3n) is 3.56. The van der Waals surface area contributed by atoms with E-state index in [-0.39, 0.29) is 18.6 Å². The second-order valence-electron chi connectivity index (χ2n) is 5.30. The minimum atomic E-state index is -0.0111. The van der Waals surface area contributed by atoms with Gasteiger partial charge in [0.2, 0.25) is 0 Å². The van der Waals surface area contributed by atoms with E-state index in [1.54, 1.807) is 12.1 Å². The summed E-state index contributed by atoms with van der Waals surface area (Å²) < 4.78 is 11.3. The van der Waals surface area contributed by atoms with E-state index < -0.39 is 0 Å². The van der Waals surface area contributed by atoms with Crippen molar-refractivity contribution in [3.63, 3.8) is 0 Å². The number of para-hydroxylation sites is 2. The zero-order chi connectivity index (χ0) is 15.1. The molecule has 1 atom stereocenters. The molecule has 1 aliphatic heterocycles. The third-order valence-corrected chi connectivity index (χ3v) is 3.56. The monoisotopic (exact) mass is 292 g/mol. The summed E-state index contributed by atoms with van der Waals surface area (Å²) >= 11 is 0. The molecular weight excluding hydrogens is 268 g/mol. The van der Waals surface area contributed by atoms with Crippen molar-refractivity contribution in [3.8, 4) is 5.75 Å². The molecule has 2 rings (SSSR count). The quantitative estimate of drug-likeness (QED) is 0.815. The number of nitrogen functional groups attached to an aromatic ring is 1. The van der Waals surface area contributed by atoms with E-state index in [4.69, 9.17) is 15.2 Å². The molecule has 0 saturated carbocycles. The average Bonchev–Trinajstić information content (AvgIpc) is 2.52. The number of amides is 1. The Hall–Kier alpha value is -1.75. The van der Waals surface area contributed by atoms with Crippen LogP contribution in [0, 0.1) is 0 Å². The van der Waals surface area contributed by atoms with E-state index in [0.29, 0.717) is 18.0 Å². The molecule has 2 N–H and O–H groups in total. The van der Waals surface area contributed by atoms with Crippen LogP contribution in [0.25, 0.3) is 0 Å². The van der Waals surface area contributed by atoms with Crippen LogP contribution in [-0.4, -0.2) is 43.2 Å². The molecule has 1 aliphatic rings. The molecule has 0 aromatic heterocycles. The van der Waals surface area contributed by atoms with Crippen LogP contribution in [0.5, 0.6) is 5.75 Å². The van der Waals surface area contributed by atoms with Crippen molar-refractivity contribution in [2.75, 3.05) is 32.0 Å². The Labute approximate surface area is 126 Å². The summed E-state index contributed by atoms with van der Waals surface area (Å²) in [5, 5.41) is 0. The van der Waals surface area contributed by atoms with E-state index in [1.807, 2.05) is 17.0 Å². The highest BCUT2D eigenvalue weighted by Crippen LogP contribution is 2.20. The molecule has 5 nitrogen and oxygen atoms in total. The van der Waals surface area contributed by atoms with Crippen LogP contribution >= 0.6 is 0 Å². The van der Waals surface area contributed by atoms with Crippen LogP contribution in [0.4, 0.5) is 5.69 Å². The predicted molar refractivity (Wildman–Crippen MR) is 82.2 cm³/mol. The number of piperidine rings is 1. The fraction of sp³-hybridized carbons (Fsp3) is 0.562. The van der Waals surface area contributed by atoms with E-state index >= 15 is 0 Å². The number of nitrogens with two attached hydrogens (primary N) is 1. The molecule has 1 fully saturated rings. The van der Waals surface area contributed by atoms with Gasteiger partial charge in [-0.05, 0) is 31.4 Å². The molecule has 116 valence electrons. The number of carbonyl (C=O) groups is 1. The minimum Gasteiger partial charge on any atom is -0.482 e. The lowest BCUT2D eigenvalue weighted by molar-refractivity contribution is -0.137. The summed E-state index contributed by atoms with van der Waals surface area (Å²) in [6, 6.07) is 7.21. The lowest BCUT2D eigenvalue weighted by Gasteiger charge is -2.32. The van der Waals surface area contributed by atoms with E-state index in [0.717, 1.165) is 32.4 Å². The first-order chi connectivity index (χ1) is 10.2. The van der Waals surface area contributed by atoms with Gasteiger partial charge in [-0.2, -0.15) is 0 Å². The van der Waals surface area contributed by atoms with Gasteiger partial charge in [-0.15, -0.1) is 0 Å². The average molecular weight is 292 g/mol. The maximum atomic E-state index is 12.2. The largest absolute Gasteiger partial charge is 0.482 e. The number of hydrogen-bond acceptors (Lipinski definition) is 4. The first-order valence-electron chi connectivity index (χ1n) is 7.57. The van der Waals surface area contributed by atoms with Crippen LogP contribution in [0.2, 0.25) is 0 Å². The Kier molecular flexibility index (Phi) is 5.87. The van der Waals surface area contributed by atoms with Crippen molar-refractivity contribution in [1.82, 2.24) is 4.90 Å². The molecule has 1 heterocycles. The normalized spacial score (nSPS) is 18.5. The Bertz CT molecular complexity index is 465. The van der Waals surface area contributed by atoms with E-state index in [9.17, 15) is 4.79 Å². The van der Waals surface area contributed by atoms with E-state index in [2.05, 4.69) is 6.92 Å². The number of carbonyl (C=O) groups excluding carboxylic acids is 1. The smallest absolute Gasteiger partial charge is 0.260 e. The number of likely N-dealkylation sites (tertiary alicyclic amines) is 1. The second kappa shape index (κ2) is 7.88. The van der Waals surface area contributed by atoms with Gasteiger partial charge in [0.15, 0.2) is 6.61 Å². The molecule has 1 amide bonds. The summed E-state index contributed by atoms with van der Waals surface area (Å²) in [7, 11) is 0. The molecule has 1 aromatic rings. The topological polar surface area (TPSA) is 64.8 Å². The Morgan fingerprint density at radius 3 is 3.00 bits per heavy atom. The van der Waals surface area contributed by atoms with Crippen molar-refractivity contribution in [2.24, 2.45) is 0 Å². The van der Waals surface area contributed by atoms with Gasteiger partial charge in [-0.1, -0.05) is 19.1 Å². The minimum absolute atomic E-state index is 0.0111. The summed E-state index contributed by atoms with van der Waals surface area (Å²) in [6.07, 6.45) is 3.16. The van der Waals surface area contributed by atoms with Crippen LogP contribution in [0.15, 0.2) is 24.3 Å². The highest BCUT2D eigenvalue weighted by Gasteiger charge is 2.24. The number of benzene rings is 1. The summed E-state index contributed by atoms with van der Waals surface area (Å²) in [5.41, 5.74) is 6.34. The third kappa shape index (κ3) is 4.63. The fourth-order valence-corrected chi connectivity index (χ4v) is 2.43.